The molecule has 1 aliphatic rings. The van der Waals surface area contributed by atoms with Crippen LogP contribution in [-0.4, -0.2) is 41.4 Å². The van der Waals surface area contributed by atoms with Crippen molar-refractivity contribution in [1.82, 2.24) is 20.5 Å². The number of amides is 1. The smallest absolute Gasteiger partial charge is 0.255 e. The van der Waals surface area contributed by atoms with Gasteiger partial charge in [-0.1, -0.05) is 48.5 Å². The average molecular weight is 525 g/mol. The fourth-order valence-corrected chi connectivity index (χ4v) is 5.39. The first-order chi connectivity index (χ1) is 19.1. The largest absolute Gasteiger partial charge is 0.496 e. The molecule has 4 rings (SSSR count). The van der Waals surface area contributed by atoms with Crippen LogP contribution in [0.2, 0.25) is 0 Å². The normalized spacial score (nSPS) is 17.9. The predicted molar refractivity (Wildman–Crippen MR) is 152 cm³/mol. The van der Waals surface area contributed by atoms with Gasteiger partial charge in [-0.25, -0.2) is 0 Å². The van der Waals surface area contributed by atoms with E-state index in [4.69, 9.17) is 4.74 Å². The average Bonchev–Trinajstić information content (AvgIpc) is 2.99. The van der Waals surface area contributed by atoms with Crippen molar-refractivity contribution >= 4 is 11.9 Å². The maximum absolute atomic E-state index is 13.4. The summed E-state index contributed by atoms with van der Waals surface area (Å²) < 4.78 is 5.44. The van der Waals surface area contributed by atoms with Gasteiger partial charge < -0.3 is 20.3 Å². The number of pyridine rings is 1. The minimum absolute atomic E-state index is 0.130. The van der Waals surface area contributed by atoms with Crippen molar-refractivity contribution in [1.29, 1.82) is 5.26 Å². The van der Waals surface area contributed by atoms with E-state index in [1.54, 1.807) is 25.4 Å². The lowest BCUT2D eigenvalue weighted by molar-refractivity contribution is 0.0898. The lowest BCUT2D eigenvalue weighted by Crippen LogP contribution is -2.48. The Morgan fingerprint density at radius 3 is 2.46 bits per heavy atom. The van der Waals surface area contributed by atoms with E-state index in [0.29, 0.717) is 30.4 Å². The number of carbonyl (C=O) groups excluding carboxylic acids is 1. The fraction of sp³-hybridized carbons (Fsp3) is 0.355. The molecule has 2 N–H and O–H groups in total. The molecule has 1 aliphatic carbocycles. The van der Waals surface area contributed by atoms with E-state index in [0.717, 1.165) is 36.9 Å². The summed E-state index contributed by atoms with van der Waals surface area (Å²) >= 11 is 0. The van der Waals surface area contributed by atoms with Crippen molar-refractivity contribution in [2.24, 2.45) is 10.9 Å². The molecule has 0 bridgehead atoms. The summed E-state index contributed by atoms with van der Waals surface area (Å²) in [6.45, 7) is 3.23. The van der Waals surface area contributed by atoms with Crippen LogP contribution < -0.4 is 15.4 Å². The number of rotatable bonds is 9. The molecule has 1 atom stereocenters. The minimum atomic E-state index is -0.143. The summed E-state index contributed by atoms with van der Waals surface area (Å²) in [6.07, 6.45) is 7.39. The number of nitriles is 1. The van der Waals surface area contributed by atoms with Gasteiger partial charge in [0.15, 0.2) is 0 Å². The number of para-hydroxylation sites is 1. The van der Waals surface area contributed by atoms with Crippen LogP contribution in [0.25, 0.3) is 0 Å². The van der Waals surface area contributed by atoms with Crippen LogP contribution in [0.5, 0.6) is 5.75 Å². The predicted octanol–water partition coefficient (Wildman–Crippen LogP) is 5.07. The third-order valence-electron chi connectivity index (χ3n) is 7.27. The molecular weight excluding hydrogens is 488 g/mol. The number of methoxy groups -OCH3 is 1. The van der Waals surface area contributed by atoms with Gasteiger partial charge in [0.1, 0.15) is 5.75 Å². The molecular formula is C31H36N6O2. The Bertz CT molecular complexity index is 1270. The highest BCUT2D eigenvalue weighted by Gasteiger charge is 2.33. The van der Waals surface area contributed by atoms with Crippen LogP contribution in [0.4, 0.5) is 0 Å². The van der Waals surface area contributed by atoms with Crippen molar-refractivity contribution in [2.45, 2.75) is 51.2 Å². The van der Waals surface area contributed by atoms with Crippen LogP contribution in [0.1, 0.15) is 60.3 Å². The molecule has 0 radical (unpaired) electrons. The summed E-state index contributed by atoms with van der Waals surface area (Å²) in [5.41, 5.74) is 2.54. The van der Waals surface area contributed by atoms with Gasteiger partial charge >= 0.3 is 0 Å². The fourth-order valence-electron chi connectivity index (χ4n) is 5.39. The summed E-state index contributed by atoms with van der Waals surface area (Å²) in [4.78, 5) is 24.2. The Kier molecular flexibility index (Phi) is 9.90. The molecule has 3 aromatic rings. The molecule has 1 aromatic heterocycles. The number of aliphatic imine (C=N–C) groups is 1. The number of benzene rings is 2. The van der Waals surface area contributed by atoms with Gasteiger partial charge in [0, 0.05) is 18.8 Å². The van der Waals surface area contributed by atoms with E-state index in [1.165, 1.54) is 0 Å². The summed E-state index contributed by atoms with van der Waals surface area (Å²) in [5.74, 6) is 1.26. The molecule has 1 saturated carbocycles. The number of carbonyl (C=O) groups is 1. The molecule has 1 amide bonds. The number of hydrogen-bond acceptors (Lipinski definition) is 5. The number of nitrogens with one attached hydrogen (secondary N) is 2. The Morgan fingerprint density at radius 1 is 1.08 bits per heavy atom. The van der Waals surface area contributed by atoms with Crippen LogP contribution in [0, 0.1) is 17.4 Å². The number of nitrogens with zero attached hydrogens (tertiary/aromatic N) is 4. The second-order valence-corrected chi connectivity index (χ2v) is 9.65. The Labute approximate surface area is 230 Å². The Balaban J connectivity index is 1.54. The molecule has 1 heterocycles. The van der Waals surface area contributed by atoms with Crippen molar-refractivity contribution in [2.75, 3.05) is 13.7 Å². The molecule has 0 aliphatic heterocycles. The van der Waals surface area contributed by atoms with E-state index in [2.05, 4.69) is 37.6 Å². The van der Waals surface area contributed by atoms with Gasteiger partial charge in [-0.15, -0.1) is 4.99 Å². The molecule has 0 spiro atoms. The van der Waals surface area contributed by atoms with Gasteiger partial charge in [0.05, 0.1) is 31.0 Å². The summed E-state index contributed by atoms with van der Waals surface area (Å²) in [5, 5.41) is 16.0. The van der Waals surface area contributed by atoms with E-state index in [-0.39, 0.29) is 23.9 Å². The molecule has 1 unspecified atom stereocenters. The van der Waals surface area contributed by atoms with E-state index < -0.39 is 0 Å². The second-order valence-electron chi connectivity index (χ2n) is 9.65. The molecule has 0 saturated heterocycles. The number of ether oxygens (including phenoxy) is 1. The Morgan fingerprint density at radius 2 is 1.79 bits per heavy atom. The molecule has 39 heavy (non-hydrogen) atoms. The molecule has 2 aromatic carbocycles. The molecule has 8 nitrogen and oxygen atoms in total. The summed E-state index contributed by atoms with van der Waals surface area (Å²) in [7, 11) is 1.58. The SMILES string of the molecule is CCNC(=NC#N)N(Cc1ccccn1)[C@H]1CC[C@@H](C(NC(=O)c2ccccc2OC)c2ccccc2)CC1. The van der Waals surface area contributed by atoms with E-state index >= 15 is 0 Å². The van der Waals surface area contributed by atoms with Gasteiger partial charge in [-0.2, -0.15) is 5.26 Å². The molecule has 202 valence electrons. The van der Waals surface area contributed by atoms with Gasteiger partial charge in [0.2, 0.25) is 12.2 Å². The van der Waals surface area contributed by atoms with Crippen molar-refractivity contribution in [3.05, 3.63) is 95.8 Å². The lowest BCUT2D eigenvalue weighted by atomic mass is 9.78. The molecule has 8 heteroatoms. The number of aromatic nitrogens is 1. The first kappa shape index (κ1) is 27.6. The van der Waals surface area contributed by atoms with Crippen molar-refractivity contribution < 1.29 is 9.53 Å². The highest BCUT2D eigenvalue weighted by atomic mass is 16.5. The van der Waals surface area contributed by atoms with Crippen molar-refractivity contribution in [3.63, 3.8) is 0 Å². The zero-order valence-electron chi connectivity index (χ0n) is 22.6. The van der Waals surface area contributed by atoms with Crippen LogP contribution >= 0.6 is 0 Å². The van der Waals surface area contributed by atoms with Crippen LogP contribution in [0.15, 0.2) is 84.0 Å². The topological polar surface area (TPSA) is 103 Å². The van der Waals surface area contributed by atoms with Gasteiger partial charge in [-0.3, -0.25) is 9.78 Å². The zero-order valence-corrected chi connectivity index (χ0v) is 22.6. The monoisotopic (exact) mass is 524 g/mol. The quantitative estimate of drug-likeness (QED) is 0.230. The van der Waals surface area contributed by atoms with Gasteiger partial charge in [0.25, 0.3) is 5.91 Å². The standard InChI is InChI=1S/C31H36N6O2/c1-3-33-31(35-22-32)37(21-25-13-9-10-20-34-25)26-18-16-24(17-19-26)29(23-11-5-4-6-12-23)36-30(38)27-14-7-8-15-28(27)39-2/h4-15,20,24,26,29H,3,16-19,21H2,1-2H3,(H,33,35)(H,36,38)/t24-,26+,29?. The zero-order chi connectivity index (χ0) is 27.5. The van der Waals surface area contributed by atoms with Crippen LogP contribution in [0.3, 0.4) is 0 Å². The Hall–Kier alpha value is -4.38. The van der Waals surface area contributed by atoms with E-state index in [9.17, 15) is 10.1 Å². The maximum Gasteiger partial charge on any atom is 0.255 e. The highest BCUT2D eigenvalue weighted by Crippen LogP contribution is 2.37. The number of guanidine groups is 1. The molecule has 1 fully saturated rings. The second kappa shape index (κ2) is 14.0. The maximum atomic E-state index is 13.4. The lowest BCUT2D eigenvalue weighted by Gasteiger charge is -2.40. The number of hydrogen-bond donors (Lipinski definition) is 2. The minimum Gasteiger partial charge on any atom is -0.496 e. The first-order valence-electron chi connectivity index (χ1n) is 13.5. The highest BCUT2D eigenvalue weighted by molar-refractivity contribution is 5.97. The van der Waals surface area contributed by atoms with Crippen molar-refractivity contribution in [3.8, 4) is 11.9 Å². The van der Waals surface area contributed by atoms with Gasteiger partial charge in [-0.05, 0) is 68.4 Å². The van der Waals surface area contributed by atoms with Crippen LogP contribution in [-0.2, 0) is 6.54 Å². The third-order valence-corrected chi connectivity index (χ3v) is 7.27. The third kappa shape index (κ3) is 7.14. The first-order valence-corrected chi connectivity index (χ1v) is 13.5. The summed E-state index contributed by atoms with van der Waals surface area (Å²) in [6, 6.07) is 23.4. The van der Waals surface area contributed by atoms with E-state index in [1.807, 2.05) is 61.6 Å².